The zero-order valence-corrected chi connectivity index (χ0v) is 8.56. The molecule has 1 heterocycles. The van der Waals surface area contributed by atoms with Crippen LogP contribution < -0.4 is 0 Å². The molecule has 2 nitrogen and oxygen atoms in total. The maximum atomic E-state index is 4.08. The van der Waals surface area contributed by atoms with Crippen LogP contribution >= 0.6 is 34.9 Å². The fraction of sp³-hybridized carbons (Fsp3) is 0.667. The van der Waals surface area contributed by atoms with Gasteiger partial charge in [-0.05, 0) is 19.1 Å². The van der Waals surface area contributed by atoms with Crippen molar-refractivity contribution < 1.29 is 0 Å². The summed E-state index contributed by atoms with van der Waals surface area (Å²) in [4.78, 5) is 0. The summed E-state index contributed by atoms with van der Waals surface area (Å²) < 4.78 is 2.21. The zero-order valence-electron chi connectivity index (χ0n) is 6.11. The quantitative estimate of drug-likeness (QED) is 0.707. The van der Waals surface area contributed by atoms with Gasteiger partial charge in [-0.2, -0.15) is 0 Å². The van der Waals surface area contributed by atoms with Gasteiger partial charge in [-0.15, -0.1) is 10.2 Å². The zero-order chi connectivity index (χ0) is 7.68. The van der Waals surface area contributed by atoms with Crippen LogP contribution in [0.2, 0.25) is 0 Å². The summed E-state index contributed by atoms with van der Waals surface area (Å²) in [5.74, 6) is 0. The van der Waals surface area contributed by atoms with Crippen molar-refractivity contribution >= 4 is 34.9 Å². The van der Waals surface area contributed by atoms with Crippen molar-refractivity contribution in [2.24, 2.45) is 0 Å². The summed E-state index contributed by atoms with van der Waals surface area (Å²) in [7, 11) is 0. The van der Waals surface area contributed by atoms with E-state index < -0.39 is 0 Å². The van der Waals surface area contributed by atoms with Crippen LogP contribution in [0, 0.1) is 0 Å². The highest BCUT2D eigenvalue weighted by Crippen LogP contribution is 2.40. The SMILES string of the molecule is CSc1nnc(SC2CC2)s1. The smallest absolute Gasteiger partial charge is 0.131 e. The van der Waals surface area contributed by atoms with E-state index in [4.69, 9.17) is 0 Å². The topological polar surface area (TPSA) is 25.8 Å². The Morgan fingerprint density at radius 1 is 1.36 bits per heavy atom. The largest absolute Gasteiger partial charge is 0.175 e. The van der Waals surface area contributed by atoms with Crippen molar-refractivity contribution in [2.45, 2.75) is 26.8 Å². The molecular weight excluding hydrogens is 196 g/mol. The Balaban J connectivity index is 1.99. The summed E-state index contributed by atoms with van der Waals surface area (Å²) in [5.41, 5.74) is 0. The van der Waals surface area contributed by atoms with Gasteiger partial charge >= 0.3 is 0 Å². The first-order valence-corrected chi connectivity index (χ1v) is 6.35. The molecule has 5 heteroatoms. The van der Waals surface area contributed by atoms with Gasteiger partial charge in [-0.3, -0.25) is 0 Å². The van der Waals surface area contributed by atoms with E-state index in [-0.39, 0.29) is 0 Å². The predicted molar refractivity (Wildman–Crippen MR) is 50.6 cm³/mol. The van der Waals surface area contributed by atoms with E-state index >= 15 is 0 Å². The minimum Gasteiger partial charge on any atom is -0.131 e. The lowest BCUT2D eigenvalue weighted by atomic mass is 11.0. The summed E-state index contributed by atoms with van der Waals surface area (Å²) in [5, 5.41) is 8.95. The van der Waals surface area contributed by atoms with E-state index in [0.29, 0.717) is 0 Å². The van der Waals surface area contributed by atoms with E-state index in [9.17, 15) is 0 Å². The normalized spacial score (nSPS) is 17.2. The molecule has 0 aromatic carbocycles. The summed E-state index contributed by atoms with van der Waals surface area (Å²) in [6.07, 6.45) is 4.75. The molecule has 0 atom stereocenters. The molecule has 1 aliphatic carbocycles. The molecule has 11 heavy (non-hydrogen) atoms. The molecule has 1 saturated carbocycles. The van der Waals surface area contributed by atoms with Crippen molar-refractivity contribution in [3.8, 4) is 0 Å². The molecule has 1 aromatic rings. The third-order valence-electron chi connectivity index (χ3n) is 1.35. The van der Waals surface area contributed by atoms with Crippen LogP contribution in [0.5, 0.6) is 0 Å². The van der Waals surface area contributed by atoms with Crippen molar-refractivity contribution in [3.05, 3.63) is 0 Å². The Kier molecular flexibility index (Phi) is 2.39. The molecule has 1 aliphatic rings. The second kappa shape index (κ2) is 3.33. The fourth-order valence-corrected chi connectivity index (χ4v) is 3.40. The van der Waals surface area contributed by atoms with Crippen LogP contribution in [0.4, 0.5) is 0 Å². The van der Waals surface area contributed by atoms with Crippen molar-refractivity contribution in [3.63, 3.8) is 0 Å². The molecule has 0 amide bonds. The number of hydrogen-bond donors (Lipinski definition) is 0. The molecule has 2 rings (SSSR count). The molecule has 0 radical (unpaired) electrons. The lowest BCUT2D eigenvalue weighted by Gasteiger charge is -1.86. The summed E-state index contributed by atoms with van der Waals surface area (Å²) >= 11 is 5.25. The molecule has 0 bridgehead atoms. The Morgan fingerprint density at radius 3 is 2.64 bits per heavy atom. The lowest BCUT2D eigenvalue weighted by Crippen LogP contribution is -1.73. The molecule has 1 aromatic heterocycles. The molecule has 1 fully saturated rings. The van der Waals surface area contributed by atoms with Crippen LogP contribution in [0.25, 0.3) is 0 Å². The fourth-order valence-electron chi connectivity index (χ4n) is 0.656. The van der Waals surface area contributed by atoms with Gasteiger partial charge in [0.15, 0.2) is 8.68 Å². The van der Waals surface area contributed by atoms with E-state index in [1.807, 2.05) is 18.0 Å². The summed E-state index contributed by atoms with van der Waals surface area (Å²) in [6, 6.07) is 0. The second-order valence-electron chi connectivity index (χ2n) is 2.36. The average molecular weight is 204 g/mol. The first-order chi connectivity index (χ1) is 5.38. The molecule has 0 saturated heterocycles. The Bertz CT molecular complexity index is 244. The monoisotopic (exact) mass is 204 g/mol. The number of thioether (sulfide) groups is 2. The van der Waals surface area contributed by atoms with Crippen LogP contribution in [-0.4, -0.2) is 21.7 Å². The lowest BCUT2D eigenvalue weighted by molar-refractivity contribution is 0.955. The van der Waals surface area contributed by atoms with Gasteiger partial charge in [0, 0.05) is 5.25 Å². The van der Waals surface area contributed by atoms with Gasteiger partial charge in [0.05, 0.1) is 0 Å². The van der Waals surface area contributed by atoms with Crippen LogP contribution in [0.3, 0.4) is 0 Å². The Morgan fingerprint density at radius 2 is 2.09 bits per heavy atom. The number of rotatable bonds is 3. The molecule has 0 unspecified atom stereocenters. The van der Waals surface area contributed by atoms with Crippen molar-refractivity contribution in [1.29, 1.82) is 0 Å². The van der Waals surface area contributed by atoms with Gasteiger partial charge in [-0.25, -0.2) is 0 Å². The van der Waals surface area contributed by atoms with Gasteiger partial charge in [0.25, 0.3) is 0 Å². The third-order valence-corrected chi connectivity index (χ3v) is 4.67. The third kappa shape index (κ3) is 2.10. The molecule has 0 spiro atoms. The number of nitrogens with zero attached hydrogens (tertiary/aromatic N) is 2. The number of aromatic nitrogens is 2. The minimum atomic E-state index is 0.845. The van der Waals surface area contributed by atoms with Gasteiger partial charge < -0.3 is 0 Å². The minimum absolute atomic E-state index is 0.845. The highest BCUT2D eigenvalue weighted by Gasteiger charge is 2.24. The van der Waals surface area contributed by atoms with Gasteiger partial charge in [0.1, 0.15) is 0 Å². The highest BCUT2D eigenvalue weighted by atomic mass is 32.2. The van der Waals surface area contributed by atoms with E-state index in [1.54, 1.807) is 23.1 Å². The van der Waals surface area contributed by atoms with Crippen LogP contribution in [-0.2, 0) is 0 Å². The molecular formula is C6H8N2S3. The van der Waals surface area contributed by atoms with Gasteiger partial charge in [-0.1, -0.05) is 34.9 Å². The molecule has 0 N–H and O–H groups in total. The van der Waals surface area contributed by atoms with Crippen LogP contribution in [0.1, 0.15) is 12.8 Å². The average Bonchev–Trinajstić information content (AvgIpc) is 2.68. The van der Waals surface area contributed by atoms with E-state index in [1.165, 1.54) is 12.8 Å². The highest BCUT2D eigenvalue weighted by molar-refractivity contribution is 8.03. The first kappa shape index (κ1) is 7.89. The summed E-state index contributed by atoms with van der Waals surface area (Å²) in [6.45, 7) is 0. The standard InChI is InChI=1S/C6H8N2S3/c1-9-5-7-8-6(11-5)10-4-2-3-4/h4H,2-3H2,1H3. The van der Waals surface area contributed by atoms with Gasteiger partial charge in [0.2, 0.25) is 0 Å². The number of hydrogen-bond acceptors (Lipinski definition) is 5. The van der Waals surface area contributed by atoms with E-state index in [0.717, 1.165) is 13.9 Å². The van der Waals surface area contributed by atoms with Crippen molar-refractivity contribution in [2.75, 3.05) is 6.26 Å². The van der Waals surface area contributed by atoms with Crippen LogP contribution in [0.15, 0.2) is 8.68 Å². The molecule has 0 aliphatic heterocycles. The Labute approximate surface area is 78.2 Å². The van der Waals surface area contributed by atoms with E-state index in [2.05, 4.69) is 10.2 Å². The van der Waals surface area contributed by atoms with Crippen molar-refractivity contribution in [1.82, 2.24) is 10.2 Å². The first-order valence-electron chi connectivity index (χ1n) is 3.42. The maximum absolute atomic E-state index is 4.08. The predicted octanol–water partition coefficient (Wildman–Crippen LogP) is 2.51. The Hall–Kier alpha value is 0.260. The second-order valence-corrected chi connectivity index (χ2v) is 5.93. The molecule has 60 valence electrons. The maximum Gasteiger partial charge on any atom is 0.175 e.